The minimum atomic E-state index is -0.218. The van der Waals surface area contributed by atoms with Crippen LogP contribution in [0.3, 0.4) is 0 Å². The van der Waals surface area contributed by atoms with Gasteiger partial charge in [0.2, 0.25) is 0 Å². The van der Waals surface area contributed by atoms with E-state index in [1.54, 1.807) is 6.92 Å². The lowest BCUT2D eigenvalue weighted by Gasteiger charge is -2.05. The van der Waals surface area contributed by atoms with Crippen LogP contribution in [0, 0.1) is 0 Å². The number of amides is 1. The van der Waals surface area contributed by atoms with Crippen molar-refractivity contribution >= 4 is 28.3 Å². The van der Waals surface area contributed by atoms with Crippen molar-refractivity contribution in [2.45, 2.75) is 6.92 Å². The number of para-hydroxylation sites is 2. The third-order valence-corrected chi connectivity index (χ3v) is 3.36. The van der Waals surface area contributed by atoms with Gasteiger partial charge in [-0.25, -0.2) is 5.43 Å². The molecule has 1 heterocycles. The third kappa shape index (κ3) is 3.77. The maximum absolute atomic E-state index is 11.8. The van der Waals surface area contributed by atoms with Gasteiger partial charge in [0.25, 0.3) is 5.91 Å². The first kappa shape index (κ1) is 14.8. The topological polar surface area (TPSA) is 66.6 Å². The number of carbonyl (C=O) groups is 1. The Bertz CT molecular complexity index is 805. The minimum Gasteiger partial charge on any atom is -0.455 e. The second-order valence-electron chi connectivity index (χ2n) is 5.10. The van der Waals surface area contributed by atoms with Crippen LogP contribution in [0.2, 0.25) is 0 Å². The maximum Gasteiger partial charge on any atom is 0.259 e. The summed E-state index contributed by atoms with van der Waals surface area (Å²) in [6, 6.07) is 19.2. The zero-order chi connectivity index (χ0) is 16.1. The zero-order valence-electron chi connectivity index (χ0n) is 12.7. The van der Waals surface area contributed by atoms with Gasteiger partial charge in [-0.15, -0.1) is 0 Å². The number of hydrogen-bond acceptors (Lipinski definition) is 4. The number of hydrogen-bond donors (Lipinski definition) is 2. The molecule has 0 radical (unpaired) electrons. The van der Waals surface area contributed by atoms with Crippen molar-refractivity contribution in [2.75, 3.05) is 11.9 Å². The Labute approximate surface area is 134 Å². The molecular weight excluding hydrogens is 290 g/mol. The molecule has 0 atom stereocenters. The van der Waals surface area contributed by atoms with E-state index in [2.05, 4.69) is 15.8 Å². The van der Waals surface area contributed by atoms with E-state index in [1.165, 1.54) is 0 Å². The summed E-state index contributed by atoms with van der Waals surface area (Å²) in [6.07, 6.45) is 0. The Morgan fingerprint density at radius 1 is 1.09 bits per heavy atom. The molecule has 1 aromatic heterocycles. The monoisotopic (exact) mass is 307 g/mol. The van der Waals surface area contributed by atoms with E-state index in [0.717, 1.165) is 16.7 Å². The molecule has 23 heavy (non-hydrogen) atoms. The quantitative estimate of drug-likeness (QED) is 0.561. The molecule has 0 saturated heterocycles. The number of hydrazone groups is 1. The molecule has 0 aliphatic heterocycles. The molecule has 3 rings (SSSR count). The average Bonchev–Trinajstić information content (AvgIpc) is 3.03. The highest BCUT2D eigenvalue weighted by Gasteiger charge is 2.07. The first-order chi connectivity index (χ1) is 11.2. The number of anilines is 1. The number of nitrogens with zero attached hydrogens (tertiary/aromatic N) is 1. The van der Waals surface area contributed by atoms with Crippen molar-refractivity contribution in [2.24, 2.45) is 5.10 Å². The lowest BCUT2D eigenvalue weighted by molar-refractivity contribution is -0.119. The number of furan rings is 1. The first-order valence-electron chi connectivity index (χ1n) is 7.33. The lowest BCUT2D eigenvalue weighted by atomic mass is 10.2. The highest BCUT2D eigenvalue weighted by Crippen LogP contribution is 2.19. The molecule has 0 aliphatic carbocycles. The van der Waals surface area contributed by atoms with Crippen molar-refractivity contribution < 1.29 is 9.21 Å². The number of fused-ring (bicyclic) bond motifs is 1. The van der Waals surface area contributed by atoms with Gasteiger partial charge >= 0.3 is 0 Å². The van der Waals surface area contributed by atoms with Crippen LogP contribution in [0.5, 0.6) is 0 Å². The van der Waals surface area contributed by atoms with Crippen molar-refractivity contribution in [3.05, 3.63) is 66.4 Å². The molecular formula is C18H17N3O2. The van der Waals surface area contributed by atoms with Crippen molar-refractivity contribution in [1.82, 2.24) is 5.43 Å². The van der Waals surface area contributed by atoms with Gasteiger partial charge in [0.15, 0.2) is 5.76 Å². The van der Waals surface area contributed by atoms with E-state index in [-0.39, 0.29) is 12.5 Å². The van der Waals surface area contributed by atoms with Gasteiger partial charge < -0.3 is 9.73 Å². The minimum absolute atomic E-state index is 0.154. The van der Waals surface area contributed by atoms with Gasteiger partial charge in [0, 0.05) is 11.1 Å². The van der Waals surface area contributed by atoms with Crippen molar-refractivity contribution in [3.8, 4) is 0 Å². The van der Waals surface area contributed by atoms with Gasteiger partial charge in [-0.2, -0.15) is 5.10 Å². The fourth-order valence-corrected chi connectivity index (χ4v) is 2.14. The number of benzene rings is 2. The van der Waals surface area contributed by atoms with Crippen LogP contribution in [0.4, 0.5) is 5.69 Å². The van der Waals surface area contributed by atoms with E-state index in [4.69, 9.17) is 4.42 Å². The number of rotatable bonds is 5. The van der Waals surface area contributed by atoms with Gasteiger partial charge in [-0.05, 0) is 31.2 Å². The molecule has 0 aliphatic rings. The summed E-state index contributed by atoms with van der Waals surface area (Å²) < 4.78 is 5.69. The third-order valence-electron chi connectivity index (χ3n) is 3.36. The van der Waals surface area contributed by atoms with E-state index in [9.17, 15) is 4.79 Å². The number of nitrogens with one attached hydrogen (secondary N) is 2. The SMILES string of the molecule is C/C(=N/NC(=O)CNc1ccccc1)c1cc2ccccc2o1. The van der Waals surface area contributed by atoms with Gasteiger partial charge in [0.1, 0.15) is 11.3 Å². The fourth-order valence-electron chi connectivity index (χ4n) is 2.14. The van der Waals surface area contributed by atoms with E-state index < -0.39 is 0 Å². The average molecular weight is 307 g/mol. The normalized spacial score (nSPS) is 11.4. The summed E-state index contributed by atoms with van der Waals surface area (Å²) in [5.41, 5.74) is 4.83. The summed E-state index contributed by atoms with van der Waals surface area (Å²) in [4.78, 5) is 11.8. The Hall–Kier alpha value is -3.08. The van der Waals surface area contributed by atoms with Crippen LogP contribution >= 0.6 is 0 Å². The zero-order valence-corrected chi connectivity index (χ0v) is 12.7. The van der Waals surface area contributed by atoms with Gasteiger partial charge in [0.05, 0.1) is 6.54 Å². The molecule has 0 unspecified atom stereocenters. The van der Waals surface area contributed by atoms with Crippen LogP contribution < -0.4 is 10.7 Å². The predicted molar refractivity (Wildman–Crippen MR) is 91.5 cm³/mol. The maximum atomic E-state index is 11.8. The standard InChI is InChI=1S/C18H17N3O2/c1-13(17-11-14-7-5-6-10-16(14)23-17)20-21-18(22)12-19-15-8-3-2-4-9-15/h2-11,19H,12H2,1H3,(H,21,22)/b20-13-. The Morgan fingerprint density at radius 2 is 1.83 bits per heavy atom. The van der Waals surface area contributed by atoms with Crippen LogP contribution in [-0.4, -0.2) is 18.2 Å². The van der Waals surface area contributed by atoms with Crippen molar-refractivity contribution in [3.63, 3.8) is 0 Å². The number of carbonyl (C=O) groups excluding carboxylic acids is 1. The Kier molecular flexibility index (Phi) is 4.38. The van der Waals surface area contributed by atoms with E-state index in [1.807, 2.05) is 60.7 Å². The first-order valence-corrected chi connectivity index (χ1v) is 7.33. The summed E-state index contributed by atoms with van der Waals surface area (Å²) in [6.45, 7) is 1.95. The van der Waals surface area contributed by atoms with Gasteiger partial charge in [-0.1, -0.05) is 36.4 Å². The van der Waals surface area contributed by atoms with Crippen LogP contribution in [-0.2, 0) is 4.79 Å². The van der Waals surface area contributed by atoms with E-state index in [0.29, 0.717) is 11.5 Å². The second kappa shape index (κ2) is 6.79. The molecule has 0 saturated carbocycles. The summed E-state index contributed by atoms with van der Waals surface area (Å²) in [5, 5.41) is 8.12. The molecule has 3 aromatic rings. The van der Waals surface area contributed by atoms with Crippen LogP contribution in [0.1, 0.15) is 12.7 Å². The molecule has 0 spiro atoms. The molecule has 0 fully saturated rings. The lowest BCUT2D eigenvalue weighted by Crippen LogP contribution is -2.26. The summed E-state index contributed by atoms with van der Waals surface area (Å²) >= 11 is 0. The molecule has 2 aromatic carbocycles. The molecule has 116 valence electrons. The van der Waals surface area contributed by atoms with Crippen molar-refractivity contribution in [1.29, 1.82) is 0 Å². The van der Waals surface area contributed by atoms with E-state index >= 15 is 0 Å². The highest BCUT2D eigenvalue weighted by molar-refractivity contribution is 6.00. The second-order valence-corrected chi connectivity index (χ2v) is 5.10. The van der Waals surface area contributed by atoms with Crippen LogP contribution in [0.15, 0.2) is 70.2 Å². The molecule has 5 heteroatoms. The highest BCUT2D eigenvalue weighted by atomic mass is 16.3. The van der Waals surface area contributed by atoms with Crippen LogP contribution in [0.25, 0.3) is 11.0 Å². The largest absolute Gasteiger partial charge is 0.455 e. The van der Waals surface area contributed by atoms with Gasteiger partial charge in [-0.3, -0.25) is 4.79 Å². The molecule has 0 bridgehead atoms. The Balaban J connectivity index is 1.59. The smallest absolute Gasteiger partial charge is 0.259 e. The molecule has 5 nitrogen and oxygen atoms in total. The summed E-state index contributed by atoms with van der Waals surface area (Å²) in [5.74, 6) is 0.423. The predicted octanol–water partition coefficient (Wildman–Crippen LogP) is 3.39. The fraction of sp³-hybridized carbons (Fsp3) is 0.111. The summed E-state index contributed by atoms with van der Waals surface area (Å²) in [7, 11) is 0. The Morgan fingerprint density at radius 3 is 2.61 bits per heavy atom. The molecule has 1 amide bonds. The molecule has 2 N–H and O–H groups in total.